The standard InChI is InChI=1S/C23H16Cl2N2O3/c1-29-22-11-15-5-3-2-4-14(15)10-19(22)23(28)27-26-13-17-7-9-21(30-17)18-8-6-16(24)12-20(18)25/h2-13H,1H3,(H,27,28)/b26-13+. The summed E-state index contributed by atoms with van der Waals surface area (Å²) in [5.41, 5.74) is 3.61. The van der Waals surface area contributed by atoms with Gasteiger partial charge in [0.2, 0.25) is 0 Å². The molecule has 7 heteroatoms. The fourth-order valence-corrected chi connectivity index (χ4v) is 3.54. The highest BCUT2D eigenvalue weighted by Gasteiger charge is 2.13. The molecule has 0 radical (unpaired) electrons. The molecule has 0 atom stereocenters. The minimum Gasteiger partial charge on any atom is -0.496 e. The van der Waals surface area contributed by atoms with Crippen molar-refractivity contribution in [1.29, 1.82) is 0 Å². The lowest BCUT2D eigenvalue weighted by Gasteiger charge is -2.09. The number of nitrogens with zero attached hydrogens (tertiary/aromatic N) is 1. The Morgan fingerprint density at radius 3 is 2.53 bits per heavy atom. The van der Waals surface area contributed by atoms with Gasteiger partial charge in [-0.05, 0) is 53.2 Å². The van der Waals surface area contributed by atoms with Gasteiger partial charge < -0.3 is 9.15 Å². The van der Waals surface area contributed by atoms with E-state index in [9.17, 15) is 4.79 Å². The van der Waals surface area contributed by atoms with Gasteiger partial charge in [-0.3, -0.25) is 4.79 Å². The molecule has 0 aliphatic carbocycles. The average Bonchev–Trinajstić information content (AvgIpc) is 3.21. The van der Waals surface area contributed by atoms with Crippen molar-refractivity contribution < 1.29 is 13.9 Å². The minimum atomic E-state index is -0.388. The number of hydrogen-bond donors (Lipinski definition) is 1. The number of carbonyl (C=O) groups is 1. The van der Waals surface area contributed by atoms with E-state index in [1.165, 1.54) is 13.3 Å². The van der Waals surface area contributed by atoms with Gasteiger partial charge in [0.05, 0.1) is 23.9 Å². The topological polar surface area (TPSA) is 63.8 Å². The Morgan fingerprint density at radius 2 is 1.80 bits per heavy atom. The lowest BCUT2D eigenvalue weighted by molar-refractivity contribution is 0.0952. The number of furan rings is 1. The van der Waals surface area contributed by atoms with Crippen molar-refractivity contribution in [2.45, 2.75) is 0 Å². The number of amides is 1. The highest BCUT2D eigenvalue weighted by Crippen LogP contribution is 2.31. The van der Waals surface area contributed by atoms with E-state index < -0.39 is 0 Å². The number of ether oxygens (including phenoxy) is 1. The van der Waals surface area contributed by atoms with Crippen LogP contribution in [0.3, 0.4) is 0 Å². The Kier molecular flexibility index (Phi) is 5.74. The highest BCUT2D eigenvalue weighted by molar-refractivity contribution is 6.36. The van der Waals surface area contributed by atoms with E-state index in [0.717, 1.165) is 10.8 Å². The smallest absolute Gasteiger partial charge is 0.275 e. The number of benzene rings is 3. The number of halogens is 2. The van der Waals surface area contributed by atoms with Gasteiger partial charge in [0.1, 0.15) is 17.3 Å². The van der Waals surface area contributed by atoms with Crippen molar-refractivity contribution in [3.63, 3.8) is 0 Å². The molecule has 1 aromatic heterocycles. The van der Waals surface area contributed by atoms with Gasteiger partial charge in [-0.25, -0.2) is 5.43 Å². The number of carbonyl (C=O) groups excluding carboxylic acids is 1. The first-order valence-corrected chi connectivity index (χ1v) is 9.76. The van der Waals surface area contributed by atoms with Gasteiger partial charge in [0.25, 0.3) is 5.91 Å². The lowest BCUT2D eigenvalue weighted by atomic mass is 10.1. The molecule has 0 spiro atoms. The van der Waals surface area contributed by atoms with Crippen LogP contribution in [0.4, 0.5) is 0 Å². The van der Waals surface area contributed by atoms with Crippen LogP contribution in [0.2, 0.25) is 10.0 Å². The monoisotopic (exact) mass is 438 g/mol. The molecule has 4 aromatic rings. The Balaban J connectivity index is 1.50. The van der Waals surface area contributed by atoms with Crippen LogP contribution in [0.1, 0.15) is 16.1 Å². The van der Waals surface area contributed by atoms with Crippen LogP contribution < -0.4 is 10.2 Å². The number of hydrazone groups is 1. The van der Waals surface area contributed by atoms with Crippen molar-refractivity contribution >= 4 is 46.1 Å². The summed E-state index contributed by atoms with van der Waals surface area (Å²) in [6, 6.07) is 20.0. The minimum absolute atomic E-state index is 0.388. The molecule has 1 amide bonds. The summed E-state index contributed by atoms with van der Waals surface area (Å²) in [6.07, 6.45) is 1.42. The van der Waals surface area contributed by atoms with E-state index in [2.05, 4.69) is 10.5 Å². The largest absolute Gasteiger partial charge is 0.496 e. The highest BCUT2D eigenvalue weighted by atomic mass is 35.5. The Morgan fingerprint density at radius 1 is 1.03 bits per heavy atom. The maximum absolute atomic E-state index is 12.6. The normalized spacial score (nSPS) is 11.2. The summed E-state index contributed by atoms with van der Waals surface area (Å²) in [4.78, 5) is 12.6. The zero-order valence-corrected chi connectivity index (χ0v) is 17.4. The van der Waals surface area contributed by atoms with Crippen LogP contribution in [0.5, 0.6) is 5.75 Å². The molecule has 5 nitrogen and oxygen atoms in total. The maximum Gasteiger partial charge on any atom is 0.275 e. The molecule has 0 aliphatic heterocycles. The van der Waals surface area contributed by atoms with Gasteiger partial charge in [-0.2, -0.15) is 5.10 Å². The molecule has 1 N–H and O–H groups in total. The van der Waals surface area contributed by atoms with Gasteiger partial charge >= 0.3 is 0 Å². The van der Waals surface area contributed by atoms with Crippen LogP contribution in [0.15, 0.2) is 76.2 Å². The average molecular weight is 439 g/mol. The molecule has 0 aliphatic rings. The fraction of sp³-hybridized carbons (Fsp3) is 0.0435. The van der Waals surface area contributed by atoms with Gasteiger partial charge in [-0.1, -0.05) is 47.5 Å². The van der Waals surface area contributed by atoms with Gasteiger partial charge in [0, 0.05) is 10.6 Å². The summed E-state index contributed by atoms with van der Waals surface area (Å²) in [6.45, 7) is 0. The second-order valence-electron chi connectivity index (χ2n) is 6.42. The number of rotatable bonds is 5. The van der Waals surface area contributed by atoms with Crippen LogP contribution in [0.25, 0.3) is 22.1 Å². The second-order valence-corrected chi connectivity index (χ2v) is 7.27. The van der Waals surface area contributed by atoms with Crippen molar-refractivity contribution in [3.8, 4) is 17.1 Å². The lowest BCUT2D eigenvalue weighted by Crippen LogP contribution is -2.18. The molecule has 0 bridgehead atoms. The predicted octanol–water partition coefficient (Wildman–Crippen LogP) is 6.18. The quantitative estimate of drug-likeness (QED) is 0.298. The fourth-order valence-electron chi connectivity index (χ4n) is 3.04. The number of hydrogen-bond acceptors (Lipinski definition) is 4. The van der Waals surface area contributed by atoms with E-state index in [0.29, 0.717) is 38.4 Å². The van der Waals surface area contributed by atoms with Crippen molar-refractivity contribution in [2.75, 3.05) is 7.11 Å². The van der Waals surface area contributed by atoms with Crippen molar-refractivity contribution in [3.05, 3.63) is 88.1 Å². The second kappa shape index (κ2) is 8.61. The number of fused-ring (bicyclic) bond motifs is 1. The van der Waals surface area contributed by atoms with Crippen molar-refractivity contribution in [1.82, 2.24) is 5.43 Å². The van der Waals surface area contributed by atoms with E-state index in [4.69, 9.17) is 32.4 Å². The van der Waals surface area contributed by atoms with E-state index in [-0.39, 0.29) is 5.91 Å². The Hall–Kier alpha value is -3.28. The summed E-state index contributed by atoms with van der Waals surface area (Å²) in [7, 11) is 1.52. The summed E-state index contributed by atoms with van der Waals surface area (Å²) in [5.74, 6) is 1.11. The summed E-state index contributed by atoms with van der Waals surface area (Å²) < 4.78 is 11.1. The number of methoxy groups -OCH3 is 1. The molecule has 150 valence electrons. The molecule has 0 unspecified atom stereocenters. The molecule has 0 saturated carbocycles. The third-order valence-electron chi connectivity index (χ3n) is 4.49. The van der Waals surface area contributed by atoms with Crippen molar-refractivity contribution in [2.24, 2.45) is 5.10 Å². The van der Waals surface area contributed by atoms with E-state index in [1.807, 2.05) is 30.3 Å². The third-order valence-corrected chi connectivity index (χ3v) is 5.04. The zero-order chi connectivity index (χ0) is 21.1. The molecule has 3 aromatic carbocycles. The molecule has 0 fully saturated rings. The Bertz CT molecular complexity index is 1260. The van der Waals surface area contributed by atoms with Crippen LogP contribution >= 0.6 is 23.2 Å². The van der Waals surface area contributed by atoms with Crippen LogP contribution in [0, 0.1) is 0 Å². The predicted molar refractivity (Wildman–Crippen MR) is 120 cm³/mol. The van der Waals surface area contributed by atoms with Crippen LogP contribution in [-0.2, 0) is 0 Å². The molecular weight excluding hydrogens is 423 g/mol. The van der Waals surface area contributed by atoms with E-state index >= 15 is 0 Å². The number of nitrogens with one attached hydrogen (secondary N) is 1. The first-order chi connectivity index (χ1) is 14.5. The molecule has 30 heavy (non-hydrogen) atoms. The third kappa shape index (κ3) is 4.17. The maximum atomic E-state index is 12.6. The van der Waals surface area contributed by atoms with E-state index in [1.54, 1.807) is 36.4 Å². The Labute approximate surface area is 182 Å². The first kappa shape index (κ1) is 20.0. The SMILES string of the molecule is COc1cc2ccccc2cc1C(=O)N/N=C/c1ccc(-c2ccc(Cl)cc2Cl)o1. The van der Waals surface area contributed by atoms with Crippen LogP contribution in [-0.4, -0.2) is 19.2 Å². The summed E-state index contributed by atoms with van der Waals surface area (Å²) >= 11 is 12.1. The molecule has 4 rings (SSSR count). The summed E-state index contributed by atoms with van der Waals surface area (Å²) in [5, 5.41) is 6.94. The first-order valence-electron chi connectivity index (χ1n) is 9.00. The molecular formula is C23H16Cl2N2O3. The van der Waals surface area contributed by atoms with Gasteiger partial charge in [-0.15, -0.1) is 0 Å². The van der Waals surface area contributed by atoms with Gasteiger partial charge in [0.15, 0.2) is 0 Å². The molecule has 1 heterocycles. The zero-order valence-electron chi connectivity index (χ0n) is 15.9. The molecule has 0 saturated heterocycles.